The van der Waals surface area contributed by atoms with Crippen LogP contribution in [-0.4, -0.2) is 41.8 Å². The van der Waals surface area contributed by atoms with Gasteiger partial charge in [0, 0.05) is 19.1 Å². The summed E-state index contributed by atoms with van der Waals surface area (Å²) >= 11 is 0. The molecule has 0 bridgehead atoms. The number of rotatable bonds is 4. The minimum atomic E-state index is -0.0363. The van der Waals surface area contributed by atoms with Gasteiger partial charge in [-0.2, -0.15) is 0 Å². The van der Waals surface area contributed by atoms with Crippen molar-refractivity contribution in [3.63, 3.8) is 0 Å². The molecule has 2 aliphatic rings. The topological polar surface area (TPSA) is 38.5 Å². The Labute approximate surface area is 106 Å². The van der Waals surface area contributed by atoms with Crippen LogP contribution in [0.3, 0.4) is 0 Å². The highest BCUT2D eigenvalue weighted by Gasteiger charge is 2.38. The molecule has 2 N–H and O–H groups in total. The maximum atomic E-state index is 6.17. The number of ether oxygens (including phenoxy) is 1. The maximum absolute atomic E-state index is 6.17. The quantitative estimate of drug-likeness (QED) is 0.817. The molecule has 1 aliphatic carbocycles. The van der Waals surface area contributed by atoms with Gasteiger partial charge in [0.25, 0.3) is 0 Å². The van der Waals surface area contributed by atoms with E-state index in [2.05, 4.69) is 32.6 Å². The van der Waals surface area contributed by atoms with Crippen molar-refractivity contribution in [2.24, 2.45) is 11.7 Å². The molecule has 2 fully saturated rings. The van der Waals surface area contributed by atoms with E-state index in [9.17, 15) is 0 Å². The normalized spacial score (nSPS) is 30.2. The summed E-state index contributed by atoms with van der Waals surface area (Å²) in [7, 11) is 0. The Kier molecular flexibility index (Phi) is 3.54. The number of morpholine rings is 1. The molecule has 100 valence electrons. The molecule has 0 radical (unpaired) electrons. The van der Waals surface area contributed by atoms with Gasteiger partial charge in [0.2, 0.25) is 0 Å². The van der Waals surface area contributed by atoms with Crippen molar-refractivity contribution in [3.05, 3.63) is 0 Å². The first kappa shape index (κ1) is 13.3. The van der Waals surface area contributed by atoms with Crippen LogP contribution in [0.4, 0.5) is 0 Å². The first-order valence-electron chi connectivity index (χ1n) is 6.96. The highest BCUT2D eigenvalue weighted by Crippen LogP contribution is 2.33. The minimum Gasteiger partial charge on any atom is -0.367 e. The summed E-state index contributed by atoms with van der Waals surface area (Å²) in [5.41, 5.74) is 6.10. The number of nitrogens with zero attached hydrogens (tertiary/aromatic N) is 1. The lowest BCUT2D eigenvalue weighted by atomic mass is 9.98. The zero-order valence-electron chi connectivity index (χ0n) is 11.8. The van der Waals surface area contributed by atoms with Gasteiger partial charge in [-0.1, -0.05) is 0 Å². The molecule has 3 nitrogen and oxygen atoms in total. The van der Waals surface area contributed by atoms with Gasteiger partial charge >= 0.3 is 0 Å². The van der Waals surface area contributed by atoms with E-state index in [1.807, 2.05) is 0 Å². The van der Waals surface area contributed by atoms with Crippen LogP contribution in [-0.2, 0) is 4.74 Å². The fourth-order valence-corrected chi connectivity index (χ4v) is 3.20. The number of hydrogen-bond donors (Lipinski definition) is 1. The molecule has 3 heteroatoms. The van der Waals surface area contributed by atoms with Crippen LogP contribution >= 0.6 is 0 Å². The fraction of sp³-hybridized carbons (Fsp3) is 1.00. The zero-order chi connectivity index (χ0) is 12.7. The molecular formula is C14H28N2O. The van der Waals surface area contributed by atoms with E-state index in [1.165, 1.54) is 12.8 Å². The Morgan fingerprint density at radius 1 is 1.18 bits per heavy atom. The van der Waals surface area contributed by atoms with Gasteiger partial charge in [0.1, 0.15) is 0 Å². The Morgan fingerprint density at radius 3 is 2.18 bits per heavy atom. The van der Waals surface area contributed by atoms with Crippen molar-refractivity contribution in [1.82, 2.24) is 4.90 Å². The molecule has 0 aromatic carbocycles. The average molecular weight is 240 g/mol. The minimum absolute atomic E-state index is 0.0363. The smallest absolute Gasteiger partial charge is 0.0760 e. The van der Waals surface area contributed by atoms with Gasteiger partial charge in [-0.05, 0) is 59.4 Å². The van der Waals surface area contributed by atoms with Crippen molar-refractivity contribution in [2.75, 3.05) is 19.6 Å². The van der Waals surface area contributed by atoms with E-state index in [-0.39, 0.29) is 11.2 Å². The summed E-state index contributed by atoms with van der Waals surface area (Å²) in [6, 6.07) is 0.420. The van der Waals surface area contributed by atoms with Crippen molar-refractivity contribution >= 4 is 0 Å². The van der Waals surface area contributed by atoms with E-state index in [0.29, 0.717) is 6.04 Å². The van der Waals surface area contributed by atoms with Crippen molar-refractivity contribution in [3.8, 4) is 0 Å². The van der Waals surface area contributed by atoms with Gasteiger partial charge in [-0.25, -0.2) is 0 Å². The van der Waals surface area contributed by atoms with E-state index < -0.39 is 0 Å². The number of hydrogen-bond acceptors (Lipinski definition) is 3. The van der Waals surface area contributed by atoms with Crippen LogP contribution in [0.25, 0.3) is 0 Å². The second-order valence-corrected chi connectivity index (χ2v) is 7.12. The molecule has 1 saturated carbocycles. The SMILES string of the molecule is CC1(C)CN(CCC(N)C2CC2)CC(C)(C)O1. The average Bonchev–Trinajstić information content (AvgIpc) is 2.91. The van der Waals surface area contributed by atoms with E-state index >= 15 is 0 Å². The van der Waals surface area contributed by atoms with E-state index in [0.717, 1.165) is 32.0 Å². The lowest BCUT2D eigenvalue weighted by Gasteiger charge is -2.47. The molecule has 0 aromatic heterocycles. The fourth-order valence-electron chi connectivity index (χ4n) is 3.20. The third-order valence-corrected chi connectivity index (χ3v) is 3.77. The third kappa shape index (κ3) is 3.94. The van der Waals surface area contributed by atoms with Gasteiger partial charge in [-0.15, -0.1) is 0 Å². The molecule has 1 atom stereocenters. The number of nitrogens with two attached hydrogens (primary N) is 1. The highest BCUT2D eigenvalue weighted by molar-refractivity contribution is 4.90. The molecule has 17 heavy (non-hydrogen) atoms. The highest BCUT2D eigenvalue weighted by atomic mass is 16.5. The van der Waals surface area contributed by atoms with Gasteiger partial charge in [0.05, 0.1) is 11.2 Å². The van der Waals surface area contributed by atoms with Crippen molar-refractivity contribution < 1.29 is 4.74 Å². The van der Waals surface area contributed by atoms with Crippen LogP contribution in [0.1, 0.15) is 47.0 Å². The monoisotopic (exact) mass is 240 g/mol. The summed E-state index contributed by atoms with van der Waals surface area (Å²) in [5.74, 6) is 0.817. The Morgan fingerprint density at radius 2 is 1.71 bits per heavy atom. The zero-order valence-corrected chi connectivity index (χ0v) is 11.8. The van der Waals surface area contributed by atoms with Gasteiger partial charge in [0.15, 0.2) is 0 Å². The van der Waals surface area contributed by atoms with Gasteiger partial charge < -0.3 is 10.5 Å². The Balaban J connectivity index is 1.83. The molecule has 1 saturated heterocycles. The first-order valence-corrected chi connectivity index (χ1v) is 6.96. The summed E-state index contributed by atoms with van der Waals surface area (Å²) in [6.45, 7) is 11.9. The van der Waals surface area contributed by atoms with Crippen molar-refractivity contribution in [1.29, 1.82) is 0 Å². The molecule has 1 unspecified atom stereocenters. The lowest BCUT2D eigenvalue weighted by Crippen LogP contribution is -2.57. The van der Waals surface area contributed by atoms with E-state index in [1.54, 1.807) is 0 Å². The molecular weight excluding hydrogens is 212 g/mol. The summed E-state index contributed by atoms with van der Waals surface area (Å²) in [5, 5.41) is 0. The molecule has 1 aliphatic heterocycles. The van der Waals surface area contributed by atoms with Crippen LogP contribution < -0.4 is 5.73 Å². The molecule has 0 amide bonds. The summed E-state index contributed by atoms with van der Waals surface area (Å²) < 4.78 is 6.09. The van der Waals surface area contributed by atoms with E-state index in [4.69, 9.17) is 10.5 Å². The largest absolute Gasteiger partial charge is 0.367 e. The third-order valence-electron chi connectivity index (χ3n) is 3.77. The predicted octanol–water partition coefficient (Wildman–Crippen LogP) is 2.00. The van der Waals surface area contributed by atoms with Gasteiger partial charge in [-0.3, -0.25) is 4.90 Å². The Bertz CT molecular complexity index is 255. The molecule has 2 rings (SSSR count). The van der Waals surface area contributed by atoms with Crippen LogP contribution in [0, 0.1) is 5.92 Å². The molecule has 1 heterocycles. The second-order valence-electron chi connectivity index (χ2n) is 7.12. The first-order chi connectivity index (χ1) is 7.77. The van der Waals surface area contributed by atoms with Crippen LogP contribution in [0.15, 0.2) is 0 Å². The van der Waals surface area contributed by atoms with Crippen molar-refractivity contribution in [2.45, 2.75) is 64.2 Å². The lowest BCUT2D eigenvalue weighted by molar-refractivity contribution is -0.180. The molecule has 0 aromatic rings. The molecule has 0 spiro atoms. The predicted molar refractivity (Wildman–Crippen MR) is 71.0 cm³/mol. The van der Waals surface area contributed by atoms with Crippen LogP contribution in [0.5, 0.6) is 0 Å². The summed E-state index contributed by atoms with van der Waals surface area (Å²) in [6.07, 6.45) is 3.83. The standard InChI is InChI=1S/C14H28N2O/c1-13(2)9-16(10-14(3,4)17-13)8-7-12(15)11-5-6-11/h11-12H,5-10,15H2,1-4H3. The maximum Gasteiger partial charge on any atom is 0.0760 e. The summed E-state index contributed by atoms with van der Waals surface area (Å²) in [4.78, 5) is 2.52. The Hall–Kier alpha value is -0.120. The second kappa shape index (κ2) is 4.52. The van der Waals surface area contributed by atoms with Crippen LogP contribution in [0.2, 0.25) is 0 Å².